The summed E-state index contributed by atoms with van der Waals surface area (Å²) in [6, 6.07) is 3.19. The summed E-state index contributed by atoms with van der Waals surface area (Å²) in [6.07, 6.45) is 9.60. The van der Waals surface area contributed by atoms with E-state index < -0.39 is 0 Å². The predicted molar refractivity (Wildman–Crippen MR) is 105 cm³/mol. The van der Waals surface area contributed by atoms with Crippen molar-refractivity contribution >= 4 is 11.8 Å². The van der Waals surface area contributed by atoms with Gasteiger partial charge in [0, 0.05) is 44.5 Å². The van der Waals surface area contributed by atoms with E-state index in [1.807, 2.05) is 6.20 Å². The first-order valence-electron chi connectivity index (χ1n) is 10.2. The van der Waals surface area contributed by atoms with E-state index in [-0.39, 0.29) is 0 Å². The standard InChI is InChI=1S/C20H35N5/c1-16(2)14-17(3)25-13-9-18(15-25)22-20-21-10-8-19(23-20)24-11-6-4-5-7-12-24/h8,10,16-18H,4-7,9,11-15H2,1-3H3,(H,21,22,23). The molecular formula is C20H35N5. The van der Waals surface area contributed by atoms with Gasteiger partial charge in [-0.15, -0.1) is 0 Å². The van der Waals surface area contributed by atoms with Gasteiger partial charge in [0.25, 0.3) is 0 Å². The van der Waals surface area contributed by atoms with Crippen LogP contribution < -0.4 is 10.2 Å². The van der Waals surface area contributed by atoms with E-state index in [1.165, 1.54) is 45.1 Å². The minimum Gasteiger partial charge on any atom is -0.356 e. The van der Waals surface area contributed by atoms with Gasteiger partial charge in [0.05, 0.1) is 0 Å². The van der Waals surface area contributed by atoms with E-state index in [4.69, 9.17) is 4.98 Å². The molecule has 25 heavy (non-hydrogen) atoms. The Labute approximate surface area is 153 Å². The average molecular weight is 346 g/mol. The molecule has 0 spiro atoms. The summed E-state index contributed by atoms with van der Waals surface area (Å²) < 4.78 is 0. The molecule has 0 bridgehead atoms. The first kappa shape index (κ1) is 18.4. The molecule has 2 aliphatic rings. The van der Waals surface area contributed by atoms with Gasteiger partial charge >= 0.3 is 0 Å². The van der Waals surface area contributed by atoms with E-state index in [9.17, 15) is 0 Å². The molecular weight excluding hydrogens is 310 g/mol. The smallest absolute Gasteiger partial charge is 0.224 e. The van der Waals surface area contributed by atoms with Crippen molar-refractivity contribution in [1.82, 2.24) is 14.9 Å². The predicted octanol–water partition coefficient (Wildman–Crippen LogP) is 3.78. The fourth-order valence-electron chi connectivity index (χ4n) is 4.21. The first-order chi connectivity index (χ1) is 12.1. The zero-order valence-corrected chi connectivity index (χ0v) is 16.2. The zero-order chi connectivity index (χ0) is 17.6. The number of nitrogens with one attached hydrogen (secondary N) is 1. The molecule has 140 valence electrons. The third kappa shape index (κ3) is 5.30. The van der Waals surface area contributed by atoms with Crippen LogP contribution in [0.4, 0.5) is 11.8 Å². The van der Waals surface area contributed by atoms with Gasteiger partial charge in [0.1, 0.15) is 5.82 Å². The third-order valence-corrected chi connectivity index (χ3v) is 5.56. The second kappa shape index (κ2) is 8.84. The van der Waals surface area contributed by atoms with Crippen LogP contribution in [0.25, 0.3) is 0 Å². The number of nitrogens with zero attached hydrogens (tertiary/aromatic N) is 4. The van der Waals surface area contributed by atoms with Gasteiger partial charge in [-0.2, -0.15) is 4.98 Å². The van der Waals surface area contributed by atoms with Gasteiger partial charge in [-0.3, -0.25) is 4.90 Å². The first-order valence-corrected chi connectivity index (χ1v) is 10.2. The van der Waals surface area contributed by atoms with Crippen molar-refractivity contribution in [2.45, 2.75) is 71.4 Å². The van der Waals surface area contributed by atoms with Gasteiger partial charge < -0.3 is 10.2 Å². The maximum atomic E-state index is 4.81. The number of likely N-dealkylation sites (tertiary alicyclic amines) is 1. The van der Waals surface area contributed by atoms with Crippen molar-refractivity contribution in [3.63, 3.8) is 0 Å². The SMILES string of the molecule is CC(C)CC(C)N1CCC(Nc2nccc(N3CCCCCC3)n2)C1. The highest BCUT2D eigenvalue weighted by atomic mass is 15.3. The number of aromatic nitrogens is 2. The van der Waals surface area contributed by atoms with Crippen molar-refractivity contribution in [1.29, 1.82) is 0 Å². The lowest BCUT2D eigenvalue weighted by Gasteiger charge is -2.26. The molecule has 2 atom stereocenters. The molecule has 3 rings (SSSR count). The Bertz CT molecular complexity index is 525. The molecule has 2 unspecified atom stereocenters. The molecule has 0 radical (unpaired) electrons. The molecule has 0 saturated carbocycles. The highest BCUT2D eigenvalue weighted by Crippen LogP contribution is 2.21. The number of anilines is 2. The Kier molecular flexibility index (Phi) is 6.51. The summed E-state index contributed by atoms with van der Waals surface area (Å²) in [5, 5.41) is 3.58. The van der Waals surface area contributed by atoms with E-state index in [0.717, 1.165) is 37.3 Å². The second-order valence-corrected chi connectivity index (χ2v) is 8.24. The van der Waals surface area contributed by atoms with Crippen LogP contribution in [-0.4, -0.2) is 53.1 Å². The van der Waals surface area contributed by atoms with Gasteiger partial charge in [0.15, 0.2) is 0 Å². The van der Waals surface area contributed by atoms with Crippen molar-refractivity contribution in [2.24, 2.45) is 5.92 Å². The topological polar surface area (TPSA) is 44.3 Å². The minimum absolute atomic E-state index is 0.467. The minimum atomic E-state index is 0.467. The Morgan fingerprint density at radius 1 is 1.12 bits per heavy atom. The highest BCUT2D eigenvalue weighted by molar-refractivity contribution is 5.43. The lowest BCUT2D eigenvalue weighted by molar-refractivity contribution is 0.227. The van der Waals surface area contributed by atoms with Crippen molar-refractivity contribution in [3.05, 3.63) is 12.3 Å². The maximum absolute atomic E-state index is 4.81. The highest BCUT2D eigenvalue weighted by Gasteiger charge is 2.26. The van der Waals surface area contributed by atoms with E-state index in [1.54, 1.807) is 0 Å². The van der Waals surface area contributed by atoms with E-state index in [0.29, 0.717) is 12.1 Å². The molecule has 2 fully saturated rings. The maximum Gasteiger partial charge on any atom is 0.224 e. The van der Waals surface area contributed by atoms with Gasteiger partial charge in [0.2, 0.25) is 5.95 Å². The Morgan fingerprint density at radius 2 is 1.88 bits per heavy atom. The quantitative estimate of drug-likeness (QED) is 0.850. The number of hydrogen-bond acceptors (Lipinski definition) is 5. The van der Waals surface area contributed by atoms with Crippen LogP contribution in [0.1, 0.15) is 59.3 Å². The van der Waals surface area contributed by atoms with E-state index >= 15 is 0 Å². The van der Waals surface area contributed by atoms with Crippen molar-refractivity contribution in [3.8, 4) is 0 Å². The summed E-state index contributed by atoms with van der Waals surface area (Å²) in [6.45, 7) is 11.5. The summed E-state index contributed by atoms with van der Waals surface area (Å²) in [5.41, 5.74) is 0. The molecule has 3 heterocycles. The molecule has 0 aliphatic carbocycles. The largest absolute Gasteiger partial charge is 0.356 e. The molecule has 5 heteroatoms. The molecule has 1 N–H and O–H groups in total. The van der Waals surface area contributed by atoms with Gasteiger partial charge in [-0.1, -0.05) is 26.7 Å². The van der Waals surface area contributed by atoms with Gasteiger partial charge in [-0.25, -0.2) is 4.98 Å². The molecule has 1 aromatic heterocycles. The molecule has 1 aromatic rings. The zero-order valence-electron chi connectivity index (χ0n) is 16.2. The molecule has 0 amide bonds. The Morgan fingerprint density at radius 3 is 2.60 bits per heavy atom. The normalized spacial score (nSPS) is 23.7. The molecule has 2 saturated heterocycles. The summed E-state index contributed by atoms with van der Waals surface area (Å²) in [5.74, 6) is 2.64. The summed E-state index contributed by atoms with van der Waals surface area (Å²) in [7, 11) is 0. The molecule has 0 aromatic carbocycles. The van der Waals surface area contributed by atoms with Crippen molar-refractivity contribution < 1.29 is 0 Å². The van der Waals surface area contributed by atoms with Crippen LogP contribution >= 0.6 is 0 Å². The van der Waals surface area contributed by atoms with Crippen LogP contribution in [0, 0.1) is 5.92 Å². The average Bonchev–Trinajstić information content (AvgIpc) is 2.88. The lowest BCUT2D eigenvalue weighted by atomic mass is 10.0. The van der Waals surface area contributed by atoms with Crippen molar-refractivity contribution in [2.75, 3.05) is 36.4 Å². The van der Waals surface area contributed by atoms with E-state index in [2.05, 4.69) is 46.9 Å². The Hall–Kier alpha value is -1.36. The second-order valence-electron chi connectivity index (χ2n) is 8.24. The van der Waals surface area contributed by atoms with Crippen LogP contribution in [-0.2, 0) is 0 Å². The Balaban J connectivity index is 1.55. The lowest BCUT2D eigenvalue weighted by Crippen LogP contribution is -2.34. The molecule has 5 nitrogen and oxygen atoms in total. The fourth-order valence-corrected chi connectivity index (χ4v) is 4.21. The molecule has 2 aliphatic heterocycles. The van der Waals surface area contributed by atoms with Crippen LogP contribution in [0.2, 0.25) is 0 Å². The third-order valence-electron chi connectivity index (χ3n) is 5.56. The summed E-state index contributed by atoms with van der Waals surface area (Å²) in [4.78, 5) is 14.3. The van der Waals surface area contributed by atoms with Gasteiger partial charge in [-0.05, 0) is 44.6 Å². The fraction of sp³-hybridized carbons (Fsp3) is 0.800. The summed E-state index contributed by atoms with van der Waals surface area (Å²) >= 11 is 0. The van der Waals surface area contributed by atoms with Crippen LogP contribution in [0.5, 0.6) is 0 Å². The number of rotatable bonds is 6. The number of hydrogen-bond donors (Lipinski definition) is 1. The monoisotopic (exact) mass is 345 g/mol. The van der Waals surface area contributed by atoms with Crippen LogP contribution in [0.3, 0.4) is 0 Å². The van der Waals surface area contributed by atoms with Crippen LogP contribution in [0.15, 0.2) is 12.3 Å².